The number of rotatable bonds is 6. The molecule has 0 spiro atoms. The maximum absolute atomic E-state index is 6.13. The summed E-state index contributed by atoms with van der Waals surface area (Å²) in [6, 6.07) is 5.00. The number of hydrogen-bond acceptors (Lipinski definition) is 3. The second-order valence-electron chi connectivity index (χ2n) is 6.17. The second kappa shape index (κ2) is 7.12. The summed E-state index contributed by atoms with van der Waals surface area (Å²) < 4.78 is 13.0. The van der Waals surface area contributed by atoms with Gasteiger partial charge in [-0.25, -0.2) is 0 Å². The van der Waals surface area contributed by atoms with Crippen molar-refractivity contribution in [3.8, 4) is 5.75 Å². The lowest BCUT2D eigenvalue weighted by Gasteiger charge is -2.24. The molecule has 2 aliphatic rings. The zero-order chi connectivity index (χ0) is 14.7. The molecule has 1 unspecified atom stereocenters. The van der Waals surface area contributed by atoms with Crippen LogP contribution in [0.2, 0.25) is 0 Å². The number of aryl methyl sites for hydroxylation is 1. The Kier molecular flexibility index (Phi) is 5.19. The van der Waals surface area contributed by atoms with Gasteiger partial charge in [-0.1, -0.05) is 15.9 Å². The van der Waals surface area contributed by atoms with E-state index in [9.17, 15) is 0 Å². The Hall–Kier alpha value is -0.580. The van der Waals surface area contributed by atoms with Crippen molar-refractivity contribution in [1.82, 2.24) is 5.32 Å². The van der Waals surface area contributed by atoms with Crippen molar-refractivity contribution in [3.63, 3.8) is 0 Å². The summed E-state index contributed by atoms with van der Waals surface area (Å²) in [5.74, 6) is 1.03. The highest BCUT2D eigenvalue weighted by atomic mass is 79.9. The Morgan fingerprint density at radius 3 is 2.86 bits per heavy atom. The molecule has 1 heterocycles. The summed E-state index contributed by atoms with van der Waals surface area (Å²) in [6.45, 7) is 4.54. The van der Waals surface area contributed by atoms with Crippen LogP contribution in [-0.4, -0.2) is 25.4 Å². The van der Waals surface area contributed by atoms with Gasteiger partial charge in [0.1, 0.15) is 12.4 Å². The van der Waals surface area contributed by atoms with Gasteiger partial charge in [0.05, 0.1) is 6.10 Å². The van der Waals surface area contributed by atoms with Crippen LogP contribution in [0.15, 0.2) is 16.6 Å². The topological polar surface area (TPSA) is 30.5 Å². The average molecular weight is 354 g/mol. The molecule has 1 N–H and O–H groups in total. The average Bonchev–Trinajstić information content (AvgIpc) is 3.29. The lowest BCUT2D eigenvalue weighted by molar-refractivity contribution is -0.0113. The van der Waals surface area contributed by atoms with Crippen molar-refractivity contribution in [2.75, 3.05) is 13.2 Å². The van der Waals surface area contributed by atoms with Crippen LogP contribution in [0, 0.1) is 6.92 Å². The summed E-state index contributed by atoms with van der Waals surface area (Å²) >= 11 is 3.59. The molecule has 0 aromatic heterocycles. The largest absolute Gasteiger partial charge is 0.490 e. The van der Waals surface area contributed by atoms with Crippen LogP contribution < -0.4 is 10.1 Å². The Labute approximate surface area is 135 Å². The fourth-order valence-corrected chi connectivity index (χ4v) is 3.41. The molecular formula is C17H24BrNO2. The lowest BCUT2D eigenvalue weighted by Crippen LogP contribution is -2.26. The third-order valence-electron chi connectivity index (χ3n) is 4.16. The Balaban J connectivity index is 1.65. The number of hydrogen-bond donors (Lipinski definition) is 1. The van der Waals surface area contributed by atoms with Gasteiger partial charge in [0.25, 0.3) is 0 Å². The molecule has 116 valence electrons. The fraction of sp³-hybridized carbons (Fsp3) is 0.647. The van der Waals surface area contributed by atoms with Gasteiger partial charge in [-0.05, 0) is 56.7 Å². The van der Waals surface area contributed by atoms with Crippen LogP contribution in [-0.2, 0) is 11.3 Å². The molecule has 1 aromatic rings. The first kappa shape index (κ1) is 15.3. The zero-order valence-electron chi connectivity index (χ0n) is 12.7. The predicted molar refractivity (Wildman–Crippen MR) is 87.8 cm³/mol. The first-order chi connectivity index (χ1) is 10.2. The van der Waals surface area contributed by atoms with Crippen molar-refractivity contribution >= 4 is 15.9 Å². The van der Waals surface area contributed by atoms with Gasteiger partial charge in [0.2, 0.25) is 0 Å². The number of ether oxygens (including phenoxy) is 2. The molecule has 1 aromatic carbocycles. The second-order valence-corrected chi connectivity index (χ2v) is 7.08. The predicted octanol–water partition coefficient (Wildman–Crippen LogP) is 3.96. The summed E-state index contributed by atoms with van der Waals surface area (Å²) in [5.41, 5.74) is 2.43. The quantitative estimate of drug-likeness (QED) is 0.839. The molecule has 1 aliphatic heterocycles. The van der Waals surface area contributed by atoms with Crippen LogP contribution in [0.5, 0.6) is 5.75 Å². The van der Waals surface area contributed by atoms with Gasteiger partial charge in [-0.3, -0.25) is 0 Å². The van der Waals surface area contributed by atoms with E-state index in [0.717, 1.165) is 29.8 Å². The van der Waals surface area contributed by atoms with E-state index < -0.39 is 0 Å². The van der Waals surface area contributed by atoms with Gasteiger partial charge < -0.3 is 14.8 Å². The van der Waals surface area contributed by atoms with Crippen LogP contribution in [0.3, 0.4) is 0 Å². The highest BCUT2D eigenvalue weighted by Crippen LogP contribution is 2.30. The Morgan fingerprint density at radius 1 is 1.29 bits per heavy atom. The smallest absolute Gasteiger partial charge is 0.126 e. The van der Waals surface area contributed by atoms with Gasteiger partial charge in [-0.15, -0.1) is 0 Å². The minimum Gasteiger partial charge on any atom is -0.490 e. The molecule has 1 aliphatic carbocycles. The highest BCUT2D eigenvalue weighted by Gasteiger charge is 2.21. The van der Waals surface area contributed by atoms with E-state index in [1.165, 1.54) is 36.8 Å². The zero-order valence-corrected chi connectivity index (χ0v) is 14.2. The van der Waals surface area contributed by atoms with Gasteiger partial charge in [0, 0.05) is 29.2 Å². The Morgan fingerprint density at radius 2 is 2.14 bits per heavy atom. The third-order valence-corrected chi connectivity index (χ3v) is 4.62. The molecular weight excluding hydrogens is 330 g/mol. The fourth-order valence-electron chi connectivity index (χ4n) is 2.79. The Bertz CT molecular complexity index is 482. The molecule has 3 nitrogen and oxygen atoms in total. The third kappa shape index (κ3) is 4.44. The van der Waals surface area contributed by atoms with E-state index >= 15 is 0 Å². The summed E-state index contributed by atoms with van der Waals surface area (Å²) in [5, 5.41) is 3.57. The molecule has 21 heavy (non-hydrogen) atoms. The van der Waals surface area contributed by atoms with Crippen LogP contribution in [0.25, 0.3) is 0 Å². The van der Waals surface area contributed by atoms with E-state index in [-0.39, 0.29) is 6.10 Å². The molecule has 2 fully saturated rings. The number of nitrogens with one attached hydrogen (secondary N) is 1. The monoisotopic (exact) mass is 353 g/mol. The van der Waals surface area contributed by atoms with Crippen molar-refractivity contribution in [3.05, 3.63) is 27.7 Å². The van der Waals surface area contributed by atoms with Crippen molar-refractivity contribution in [2.24, 2.45) is 0 Å². The summed E-state index contributed by atoms with van der Waals surface area (Å²) in [6.07, 6.45) is 6.42. The molecule has 0 bridgehead atoms. The van der Waals surface area contributed by atoms with E-state index in [0.29, 0.717) is 12.6 Å². The maximum Gasteiger partial charge on any atom is 0.126 e. The van der Waals surface area contributed by atoms with Crippen molar-refractivity contribution < 1.29 is 9.47 Å². The van der Waals surface area contributed by atoms with E-state index in [1.54, 1.807) is 0 Å². The molecule has 1 saturated carbocycles. The normalized spacial score (nSPS) is 22.3. The van der Waals surface area contributed by atoms with Crippen LogP contribution >= 0.6 is 15.9 Å². The molecule has 3 rings (SSSR count). The van der Waals surface area contributed by atoms with Gasteiger partial charge in [0.15, 0.2) is 0 Å². The minimum atomic E-state index is 0.256. The minimum absolute atomic E-state index is 0.256. The van der Waals surface area contributed by atoms with E-state index in [2.05, 4.69) is 40.3 Å². The van der Waals surface area contributed by atoms with Gasteiger partial charge in [-0.2, -0.15) is 0 Å². The molecule has 4 heteroatoms. The standard InChI is InChI=1S/C17H24BrNO2/c1-12-8-14(18)9-13(10-19-15-5-6-15)17(12)21-11-16-4-2-3-7-20-16/h8-9,15-16,19H,2-7,10-11H2,1H3. The van der Waals surface area contributed by atoms with Crippen LogP contribution in [0.1, 0.15) is 43.2 Å². The molecule has 1 atom stereocenters. The number of halogens is 1. The molecule has 0 amide bonds. The SMILES string of the molecule is Cc1cc(Br)cc(CNC2CC2)c1OCC1CCCCO1. The van der Waals surface area contributed by atoms with Gasteiger partial charge >= 0.3 is 0 Å². The first-order valence-electron chi connectivity index (χ1n) is 7.99. The summed E-state index contributed by atoms with van der Waals surface area (Å²) in [4.78, 5) is 0. The lowest BCUT2D eigenvalue weighted by atomic mass is 10.1. The van der Waals surface area contributed by atoms with Crippen molar-refractivity contribution in [2.45, 2.75) is 57.7 Å². The van der Waals surface area contributed by atoms with E-state index in [1.807, 2.05) is 0 Å². The molecule has 0 radical (unpaired) electrons. The maximum atomic E-state index is 6.13. The van der Waals surface area contributed by atoms with Crippen molar-refractivity contribution in [1.29, 1.82) is 0 Å². The number of benzene rings is 1. The highest BCUT2D eigenvalue weighted by molar-refractivity contribution is 9.10. The van der Waals surface area contributed by atoms with Crippen LogP contribution in [0.4, 0.5) is 0 Å². The van der Waals surface area contributed by atoms with E-state index in [4.69, 9.17) is 9.47 Å². The molecule has 1 saturated heterocycles. The first-order valence-corrected chi connectivity index (χ1v) is 8.78. The summed E-state index contributed by atoms with van der Waals surface area (Å²) in [7, 11) is 0.